The smallest absolute Gasteiger partial charge is 0.0547 e. The Balaban J connectivity index is 0.000000113. The van der Waals surface area contributed by atoms with E-state index in [1.165, 1.54) is 202 Å². The van der Waals surface area contributed by atoms with Gasteiger partial charge in [0.2, 0.25) is 0 Å². The van der Waals surface area contributed by atoms with E-state index in [1.807, 2.05) is 0 Å². The average Bonchev–Trinajstić information content (AvgIpc) is 1.54. The van der Waals surface area contributed by atoms with Crippen LogP contribution in [-0.2, 0) is 17.3 Å². The van der Waals surface area contributed by atoms with E-state index in [0.29, 0.717) is 0 Å². The molecule has 0 saturated carbocycles. The molecule has 0 aliphatic heterocycles. The first-order valence-corrected chi connectivity index (χ1v) is 34.9. The van der Waals surface area contributed by atoms with Crippen molar-refractivity contribution in [2.75, 3.05) is 0 Å². The van der Waals surface area contributed by atoms with Gasteiger partial charge in [-0.1, -0.05) is 292 Å². The molecule has 456 valence electrons. The summed E-state index contributed by atoms with van der Waals surface area (Å²) < 4.78 is 3.74. The monoisotopic (exact) mass is 1300 g/mol. The van der Waals surface area contributed by atoms with Crippen LogP contribution in [0.2, 0.25) is 0 Å². The van der Waals surface area contributed by atoms with Crippen molar-refractivity contribution in [2.45, 2.75) is 44.9 Å². The molecular formula is C95H64BrN. The van der Waals surface area contributed by atoms with E-state index < -0.39 is 0 Å². The van der Waals surface area contributed by atoms with Crippen molar-refractivity contribution < 1.29 is 0 Å². The van der Waals surface area contributed by atoms with Crippen LogP contribution < -0.4 is 0 Å². The molecule has 1 nitrogen and oxygen atoms in total. The Morgan fingerprint density at radius 1 is 0.237 bits per heavy atom. The summed E-state index contributed by atoms with van der Waals surface area (Å²) in [6.07, 6.45) is 1.02. The van der Waals surface area contributed by atoms with Gasteiger partial charge >= 0.3 is 0 Å². The Kier molecular flexibility index (Phi) is 12.1. The molecular weight excluding hydrogens is 1230 g/mol. The van der Waals surface area contributed by atoms with Crippen LogP contribution in [0, 0.1) is 0 Å². The minimum absolute atomic E-state index is 0.0485. The Labute approximate surface area is 571 Å². The van der Waals surface area contributed by atoms with Crippen LogP contribution in [0.5, 0.6) is 0 Å². The highest BCUT2D eigenvalue weighted by Gasteiger charge is 2.38. The summed E-state index contributed by atoms with van der Waals surface area (Å²) in [6.45, 7) is 9.51. The number of aromatic nitrogens is 1. The highest BCUT2D eigenvalue weighted by Crippen LogP contribution is 2.55. The summed E-state index contributed by atoms with van der Waals surface area (Å²) in [5.41, 5.74) is 20.7. The number of halogens is 1. The van der Waals surface area contributed by atoms with Crippen molar-refractivity contribution in [1.29, 1.82) is 0 Å². The Bertz CT molecular complexity index is 6670. The zero-order valence-electron chi connectivity index (χ0n) is 54.4. The fourth-order valence-electron chi connectivity index (χ4n) is 17.9. The zero-order valence-corrected chi connectivity index (χ0v) is 56.0. The zero-order chi connectivity index (χ0) is 64.6. The largest absolute Gasteiger partial charge is 0.309 e. The van der Waals surface area contributed by atoms with Gasteiger partial charge in [-0.15, -0.1) is 0 Å². The molecule has 0 unspecified atom stereocenters. The fraction of sp³-hybridized carbons (Fsp3) is 0.0737. The lowest BCUT2D eigenvalue weighted by Gasteiger charge is -2.22. The van der Waals surface area contributed by atoms with Crippen LogP contribution in [-0.4, -0.2) is 4.57 Å². The summed E-state index contributed by atoms with van der Waals surface area (Å²) in [4.78, 5) is 0. The minimum atomic E-state index is -0.0933. The minimum Gasteiger partial charge on any atom is -0.309 e. The summed E-state index contributed by atoms with van der Waals surface area (Å²) in [7, 11) is 0. The van der Waals surface area contributed by atoms with E-state index in [1.54, 1.807) is 0 Å². The van der Waals surface area contributed by atoms with Gasteiger partial charge in [0.1, 0.15) is 0 Å². The fourth-order valence-corrected chi connectivity index (χ4v) is 18.5. The van der Waals surface area contributed by atoms with E-state index in [0.717, 1.165) is 10.9 Å². The maximum Gasteiger partial charge on any atom is 0.0547 e. The molecule has 18 aromatic carbocycles. The highest BCUT2D eigenvalue weighted by molar-refractivity contribution is 9.10. The molecule has 97 heavy (non-hydrogen) atoms. The van der Waals surface area contributed by atoms with E-state index >= 15 is 0 Å². The van der Waals surface area contributed by atoms with Gasteiger partial charge in [-0.25, -0.2) is 0 Å². The molecule has 0 saturated heterocycles. The Morgan fingerprint density at radius 3 is 1.12 bits per heavy atom. The maximum atomic E-state index is 3.62. The molecule has 0 radical (unpaired) electrons. The number of hydrogen-bond acceptors (Lipinski definition) is 0. The number of hydrogen-bond donors (Lipinski definition) is 0. The molecule has 0 atom stereocenters. The molecule has 1 aromatic heterocycles. The first kappa shape index (κ1) is 56.2. The predicted octanol–water partition coefficient (Wildman–Crippen LogP) is 26.6. The molecule has 0 N–H and O–H groups in total. The van der Waals surface area contributed by atoms with Crippen LogP contribution >= 0.6 is 15.9 Å². The molecule has 19 aromatic rings. The first-order valence-electron chi connectivity index (χ1n) is 34.1. The van der Waals surface area contributed by atoms with Gasteiger partial charge in [-0.05, 0) is 230 Å². The average molecular weight is 1300 g/mol. The van der Waals surface area contributed by atoms with Gasteiger partial charge in [-0.2, -0.15) is 0 Å². The quantitative estimate of drug-likeness (QED) is 0.144. The number of rotatable bonds is 1. The molecule has 1 heterocycles. The van der Waals surface area contributed by atoms with Gasteiger partial charge in [0.05, 0.1) is 16.7 Å². The third-order valence-corrected chi connectivity index (χ3v) is 23.1. The Morgan fingerprint density at radius 2 is 0.577 bits per heavy atom. The second-order valence-electron chi connectivity index (χ2n) is 28.3. The van der Waals surface area contributed by atoms with Crippen molar-refractivity contribution in [3.63, 3.8) is 0 Å². The predicted molar refractivity (Wildman–Crippen MR) is 420 cm³/mol. The molecule has 0 bridgehead atoms. The maximum absolute atomic E-state index is 3.62. The second-order valence-corrected chi connectivity index (χ2v) is 29.1. The highest BCUT2D eigenvalue weighted by atomic mass is 79.9. The van der Waals surface area contributed by atoms with E-state index in [2.05, 4.69) is 352 Å². The van der Waals surface area contributed by atoms with Crippen molar-refractivity contribution >= 4 is 145 Å². The number of benzene rings is 18. The first-order chi connectivity index (χ1) is 47.5. The van der Waals surface area contributed by atoms with Crippen LogP contribution in [0.4, 0.5) is 0 Å². The van der Waals surface area contributed by atoms with Gasteiger partial charge < -0.3 is 4.57 Å². The molecule has 22 rings (SSSR count). The SMILES string of the molecule is Brc1cc2ccccc2c2ccccc12.CC1(C)c2ccccc2-c2cc3c(cc21)Cc1cc2c4ccccc4c4ccccc4c2cc1-3.CC1(C)c2ccccc2-c2cc3c4cc5c6ccccc6c6ccccc6c5cc4n(-c4cc5ccccc5c5ccccc45)c3cc21. The lowest BCUT2D eigenvalue weighted by atomic mass is 9.81. The lowest BCUT2D eigenvalue weighted by molar-refractivity contribution is 0.659. The summed E-state index contributed by atoms with van der Waals surface area (Å²) in [6, 6.07) is 113. The second kappa shape index (κ2) is 20.9. The van der Waals surface area contributed by atoms with Crippen LogP contribution in [0.3, 0.4) is 0 Å². The summed E-state index contributed by atoms with van der Waals surface area (Å²) >= 11 is 3.62. The van der Waals surface area contributed by atoms with Crippen molar-refractivity contribution in [1.82, 2.24) is 4.57 Å². The number of fused-ring (bicyclic) bond motifs is 30. The molecule has 0 spiro atoms. The molecule has 2 heteroatoms. The van der Waals surface area contributed by atoms with Gasteiger partial charge in [0.25, 0.3) is 0 Å². The van der Waals surface area contributed by atoms with Gasteiger partial charge in [0, 0.05) is 31.5 Å². The van der Waals surface area contributed by atoms with Gasteiger partial charge in [0.15, 0.2) is 0 Å². The van der Waals surface area contributed by atoms with Crippen LogP contribution in [0.1, 0.15) is 61.1 Å². The van der Waals surface area contributed by atoms with Crippen molar-refractivity contribution in [2.24, 2.45) is 0 Å². The molecule has 0 fully saturated rings. The normalized spacial score (nSPS) is 13.7. The number of nitrogens with zero attached hydrogens (tertiary/aromatic N) is 1. The lowest BCUT2D eigenvalue weighted by Crippen LogP contribution is -2.15. The third-order valence-electron chi connectivity index (χ3n) is 22.5. The van der Waals surface area contributed by atoms with Crippen LogP contribution in [0.15, 0.2) is 308 Å². The molecule has 3 aliphatic rings. The third kappa shape index (κ3) is 8.18. The molecule has 0 amide bonds. The van der Waals surface area contributed by atoms with E-state index in [-0.39, 0.29) is 10.8 Å². The summed E-state index contributed by atoms with van der Waals surface area (Å²) in [5, 5.41) is 28.8. The Hall–Kier alpha value is -11.2. The summed E-state index contributed by atoms with van der Waals surface area (Å²) in [5.74, 6) is 0. The van der Waals surface area contributed by atoms with Crippen molar-refractivity contribution in [3.8, 4) is 39.1 Å². The van der Waals surface area contributed by atoms with E-state index in [9.17, 15) is 0 Å². The standard InChI is InChI=1S/C47H31N.C34H24.C14H9Br/c1-47(2)42-22-12-11-20-35(42)39-25-41-40-24-37-33-18-7-5-16-31(33)32-17-6-8-19-34(32)38(37)26-45(40)48(46(41)27-43(39)47)44-23-28-13-3-4-14-29(28)30-15-9-10-21-36(30)44;1-34(2)32-14-8-7-13-26(32)31-19-28-21(17-33(31)34)15-20-16-29-24-11-5-3-9-22(24)23-10-4-6-12-25(23)30(29)18-27(20)28;15-14-9-10-5-1-2-6-11(10)12-7-3-4-8-13(12)14/h3-27H,1-2H3;3-14,16-19H,15H2,1-2H3;1-9H. The van der Waals surface area contributed by atoms with Crippen LogP contribution in [0.25, 0.3) is 169 Å². The van der Waals surface area contributed by atoms with E-state index in [4.69, 9.17) is 0 Å². The molecule has 3 aliphatic carbocycles. The topological polar surface area (TPSA) is 4.93 Å². The van der Waals surface area contributed by atoms with Crippen molar-refractivity contribution in [3.05, 3.63) is 341 Å². The van der Waals surface area contributed by atoms with Gasteiger partial charge in [-0.3, -0.25) is 0 Å².